The molecule has 2 N–H and O–H groups in total. The van der Waals surface area contributed by atoms with E-state index in [4.69, 9.17) is 4.74 Å². The Kier molecular flexibility index (Phi) is 7.81. The molecule has 3 aromatic rings. The van der Waals surface area contributed by atoms with Crippen molar-refractivity contribution in [1.29, 1.82) is 0 Å². The van der Waals surface area contributed by atoms with Crippen molar-refractivity contribution in [2.24, 2.45) is 17.8 Å². The molecule has 2 saturated carbocycles. The maximum Gasteiger partial charge on any atom is 0.270 e. The molecule has 0 radical (unpaired) electrons. The van der Waals surface area contributed by atoms with Crippen LogP contribution >= 0.6 is 0 Å². The first-order valence-corrected chi connectivity index (χ1v) is 13.3. The third-order valence-corrected chi connectivity index (χ3v) is 7.43. The average Bonchev–Trinajstić information content (AvgIpc) is 3.83. The van der Waals surface area contributed by atoms with Gasteiger partial charge in [0.1, 0.15) is 23.6 Å². The molecule has 0 aromatic carbocycles. The van der Waals surface area contributed by atoms with Crippen LogP contribution in [0.15, 0.2) is 36.9 Å². The number of amides is 2. The predicted molar refractivity (Wildman–Crippen MR) is 139 cm³/mol. The number of ether oxygens (including phenoxy) is 1. The minimum atomic E-state index is -2.98. The van der Waals surface area contributed by atoms with Crippen molar-refractivity contribution >= 4 is 17.5 Å². The van der Waals surface area contributed by atoms with Gasteiger partial charge in [-0.25, -0.2) is 18.2 Å². The van der Waals surface area contributed by atoms with E-state index in [1.54, 1.807) is 16.9 Å². The summed E-state index contributed by atoms with van der Waals surface area (Å²) in [7, 11) is 1.25. The molecule has 2 amide bonds. The molecule has 0 aliphatic heterocycles. The fraction of sp³-hybridized carbons (Fsp3) is 0.519. The van der Waals surface area contributed by atoms with Gasteiger partial charge in [0.15, 0.2) is 0 Å². The number of halogens is 3. The van der Waals surface area contributed by atoms with Crippen molar-refractivity contribution in [1.82, 2.24) is 29.9 Å². The molecule has 0 saturated heterocycles. The summed E-state index contributed by atoms with van der Waals surface area (Å²) in [5.74, 6) is -1.19. The van der Waals surface area contributed by atoms with Crippen LogP contribution < -0.4 is 15.4 Å². The highest BCUT2D eigenvalue weighted by Gasteiger charge is 2.48. The zero-order chi connectivity index (χ0) is 28.6. The Hall–Kier alpha value is -3.90. The van der Waals surface area contributed by atoms with Crippen LogP contribution in [0, 0.1) is 23.6 Å². The number of hydrogen-bond donors (Lipinski definition) is 2. The van der Waals surface area contributed by atoms with E-state index >= 15 is 0 Å². The maximum atomic E-state index is 14.2. The summed E-state index contributed by atoms with van der Waals surface area (Å²) in [5, 5.41) is 13.9. The Morgan fingerprint density at radius 3 is 2.40 bits per heavy atom. The lowest BCUT2D eigenvalue weighted by atomic mass is 9.88. The van der Waals surface area contributed by atoms with Crippen molar-refractivity contribution in [2.45, 2.75) is 64.1 Å². The van der Waals surface area contributed by atoms with Crippen LogP contribution in [0.5, 0.6) is 5.88 Å². The van der Waals surface area contributed by atoms with E-state index in [2.05, 4.69) is 25.8 Å². The fourth-order valence-electron chi connectivity index (χ4n) is 5.34. The van der Waals surface area contributed by atoms with Crippen LogP contribution in [0.4, 0.5) is 18.9 Å². The topological polar surface area (TPSA) is 116 Å². The second-order valence-electron chi connectivity index (χ2n) is 10.7. The zero-order valence-electron chi connectivity index (χ0n) is 22.4. The minimum Gasteiger partial charge on any atom is -0.481 e. The number of methoxy groups -OCH3 is 1. The summed E-state index contributed by atoms with van der Waals surface area (Å²) in [6.07, 6.45) is 5.87. The van der Waals surface area contributed by atoms with Crippen LogP contribution in [-0.2, 0) is 4.79 Å². The summed E-state index contributed by atoms with van der Waals surface area (Å²) >= 11 is 0. The lowest BCUT2D eigenvalue weighted by molar-refractivity contribution is -0.119. The molecule has 0 spiro atoms. The van der Waals surface area contributed by atoms with Gasteiger partial charge >= 0.3 is 0 Å². The maximum absolute atomic E-state index is 14.2. The van der Waals surface area contributed by atoms with E-state index in [9.17, 15) is 22.8 Å². The molecule has 2 fully saturated rings. The summed E-state index contributed by atoms with van der Waals surface area (Å²) < 4.78 is 49.8. The van der Waals surface area contributed by atoms with Gasteiger partial charge in [-0.3, -0.25) is 19.0 Å². The Labute approximate surface area is 229 Å². The Balaban J connectivity index is 1.39. The fourth-order valence-corrected chi connectivity index (χ4v) is 5.34. The van der Waals surface area contributed by atoms with Crippen molar-refractivity contribution in [3.8, 4) is 5.88 Å². The molecule has 3 aromatic heterocycles. The van der Waals surface area contributed by atoms with Crippen LogP contribution in [0.1, 0.15) is 67.7 Å². The highest BCUT2D eigenvalue weighted by atomic mass is 19.3. The van der Waals surface area contributed by atoms with Crippen LogP contribution in [-0.4, -0.2) is 55.9 Å². The Bertz CT molecular complexity index is 1350. The summed E-state index contributed by atoms with van der Waals surface area (Å²) in [5.41, 5.74) is 0.326. The number of carbonyl (C=O) groups is 2. The van der Waals surface area contributed by atoms with Crippen LogP contribution in [0.25, 0.3) is 0 Å². The van der Waals surface area contributed by atoms with E-state index < -0.39 is 36.1 Å². The van der Waals surface area contributed by atoms with Gasteiger partial charge in [0.05, 0.1) is 25.2 Å². The summed E-state index contributed by atoms with van der Waals surface area (Å²) in [6.45, 7) is 3.82. The molecule has 5 rings (SSSR count). The molecule has 214 valence electrons. The normalized spacial score (nSPS) is 16.8. The van der Waals surface area contributed by atoms with Gasteiger partial charge in [-0.1, -0.05) is 0 Å². The molecular formula is C27H32F3N7O3. The van der Waals surface area contributed by atoms with Gasteiger partial charge in [-0.15, -0.1) is 0 Å². The van der Waals surface area contributed by atoms with Crippen molar-refractivity contribution in [3.63, 3.8) is 0 Å². The molecule has 0 bridgehead atoms. The minimum absolute atomic E-state index is 0.0362. The Morgan fingerprint density at radius 2 is 1.80 bits per heavy atom. The molecule has 10 nitrogen and oxygen atoms in total. The van der Waals surface area contributed by atoms with E-state index in [1.807, 2.05) is 13.8 Å². The van der Waals surface area contributed by atoms with Crippen molar-refractivity contribution in [2.75, 3.05) is 12.4 Å². The van der Waals surface area contributed by atoms with E-state index in [0.717, 1.165) is 42.6 Å². The van der Waals surface area contributed by atoms with Crippen molar-refractivity contribution < 1.29 is 27.5 Å². The molecule has 40 heavy (non-hydrogen) atoms. The molecule has 2 aliphatic rings. The number of hydrogen-bond acceptors (Lipinski definition) is 6. The molecule has 3 heterocycles. The number of pyridine rings is 1. The van der Waals surface area contributed by atoms with Gasteiger partial charge in [-0.05, 0) is 69.4 Å². The lowest BCUT2D eigenvalue weighted by Crippen LogP contribution is -2.50. The number of anilines is 1. The second kappa shape index (κ2) is 11.3. The third kappa shape index (κ3) is 5.82. The van der Waals surface area contributed by atoms with E-state index in [0.29, 0.717) is 17.5 Å². The quantitative estimate of drug-likeness (QED) is 0.343. The van der Waals surface area contributed by atoms with Gasteiger partial charge in [-0.2, -0.15) is 10.2 Å². The molecule has 1 unspecified atom stereocenters. The first-order valence-electron chi connectivity index (χ1n) is 13.3. The highest BCUT2D eigenvalue weighted by Crippen LogP contribution is 2.51. The smallest absolute Gasteiger partial charge is 0.270 e. The zero-order valence-corrected chi connectivity index (χ0v) is 22.4. The third-order valence-electron chi connectivity index (χ3n) is 7.43. The SMILES string of the molecule is COc1ncc(F)cc1C(C(F)F)n1cc(NC(=O)[C@@H](NC(=O)c2ccnn2C(C)C)C(C2CC2)C2CC2)cn1. The number of nitrogens with zero attached hydrogens (tertiary/aromatic N) is 5. The number of alkyl halides is 2. The monoisotopic (exact) mass is 559 g/mol. The van der Waals surface area contributed by atoms with Gasteiger partial charge in [0.25, 0.3) is 12.3 Å². The van der Waals surface area contributed by atoms with Crippen LogP contribution in [0.3, 0.4) is 0 Å². The largest absolute Gasteiger partial charge is 0.481 e. The number of aromatic nitrogens is 5. The molecule has 2 aliphatic carbocycles. The lowest BCUT2D eigenvalue weighted by Gasteiger charge is -2.27. The van der Waals surface area contributed by atoms with E-state index in [1.165, 1.54) is 19.5 Å². The predicted octanol–water partition coefficient (Wildman–Crippen LogP) is 4.23. The average molecular weight is 560 g/mol. The first-order chi connectivity index (χ1) is 19.2. The molecule has 13 heteroatoms. The molecule has 2 atom stereocenters. The standard InChI is InChI=1S/C27H32F3N7O3/c1-14(2)37-20(8-9-32-37)25(38)35-22(21(15-4-5-15)16-6-7-16)26(39)34-18-12-33-36(13-18)23(24(29)30)19-10-17(28)11-31-27(19)40-3/h8-16,21-24H,4-7H2,1-3H3,(H,34,39)(H,35,38)/t22-,23?/m0/s1. The van der Waals surface area contributed by atoms with Crippen molar-refractivity contribution in [3.05, 3.63) is 54.0 Å². The van der Waals surface area contributed by atoms with Gasteiger partial charge in [0, 0.05) is 24.0 Å². The first kappa shape index (κ1) is 27.7. The number of rotatable bonds is 12. The van der Waals surface area contributed by atoms with E-state index in [-0.39, 0.29) is 29.1 Å². The summed E-state index contributed by atoms with van der Waals surface area (Å²) in [4.78, 5) is 30.7. The second-order valence-corrected chi connectivity index (χ2v) is 10.7. The van der Waals surface area contributed by atoms with Gasteiger partial charge < -0.3 is 15.4 Å². The van der Waals surface area contributed by atoms with Crippen LogP contribution in [0.2, 0.25) is 0 Å². The number of carbonyl (C=O) groups excluding carboxylic acids is 2. The van der Waals surface area contributed by atoms with Gasteiger partial charge in [0.2, 0.25) is 11.8 Å². The highest BCUT2D eigenvalue weighted by molar-refractivity contribution is 6.00. The Morgan fingerprint density at radius 1 is 1.10 bits per heavy atom. The number of nitrogens with one attached hydrogen (secondary N) is 2. The molecular weight excluding hydrogens is 527 g/mol. The summed E-state index contributed by atoms with van der Waals surface area (Å²) in [6, 6.07) is -0.0546.